The van der Waals surface area contributed by atoms with Crippen molar-refractivity contribution in [2.75, 3.05) is 19.3 Å². The molecule has 0 spiro atoms. The lowest BCUT2D eigenvalue weighted by molar-refractivity contribution is 0.0512. The summed E-state index contributed by atoms with van der Waals surface area (Å²) < 4.78 is 30.9. The number of hydrogen-bond donors (Lipinski definition) is 2. The Morgan fingerprint density at radius 3 is 2.41 bits per heavy atom. The zero-order valence-electron chi connectivity index (χ0n) is 16.3. The van der Waals surface area contributed by atoms with Gasteiger partial charge >= 0.3 is 0 Å². The standard InChI is InChI=1S/C19H22BrN3O5S/c1-11-6-13(20)7-12(2)17(11)18(24)22-14-9-23(10-14)19(25)16-5-4-15(28-16)8-21-29(3,26)27/h4-7,14,21H,8-10H2,1-3H3,(H,22,24). The Balaban J connectivity index is 1.54. The van der Waals surface area contributed by atoms with Gasteiger partial charge in [-0.15, -0.1) is 0 Å². The number of hydrogen-bond acceptors (Lipinski definition) is 5. The maximum atomic E-state index is 12.6. The monoisotopic (exact) mass is 483 g/mol. The van der Waals surface area contributed by atoms with E-state index in [2.05, 4.69) is 26.0 Å². The second kappa shape index (κ2) is 8.29. The Labute approximate surface area is 177 Å². The molecule has 1 fully saturated rings. The van der Waals surface area contributed by atoms with Gasteiger partial charge in [-0.25, -0.2) is 13.1 Å². The number of rotatable bonds is 6. The van der Waals surface area contributed by atoms with Crippen LogP contribution in [0.1, 0.15) is 37.8 Å². The van der Waals surface area contributed by atoms with Gasteiger partial charge in [-0.1, -0.05) is 15.9 Å². The third-order valence-corrected chi connectivity index (χ3v) is 5.74. The first-order valence-electron chi connectivity index (χ1n) is 8.93. The van der Waals surface area contributed by atoms with Crippen molar-refractivity contribution in [2.24, 2.45) is 0 Å². The van der Waals surface area contributed by atoms with Gasteiger partial charge in [0, 0.05) is 23.1 Å². The number of likely N-dealkylation sites (tertiary alicyclic amines) is 1. The maximum Gasteiger partial charge on any atom is 0.289 e. The van der Waals surface area contributed by atoms with Crippen LogP contribution >= 0.6 is 15.9 Å². The van der Waals surface area contributed by atoms with Gasteiger partial charge in [0.05, 0.1) is 18.8 Å². The predicted octanol–water partition coefficient (Wildman–Crippen LogP) is 1.96. The summed E-state index contributed by atoms with van der Waals surface area (Å²) in [6, 6.07) is 6.73. The van der Waals surface area contributed by atoms with Crippen LogP contribution < -0.4 is 10.0 Å². The summed E-state index contributed by atoms with van der Waals surface area (Å²) in [7, 11) is -3.34. The van der Waals surface area contributed by atoms with Crippen LogP contribution in [0.4, 0.5) is 0 Å². The lowest BCUT2D eigenvalue weighted by Gasteiger charge is -2.39. The fourth-order valence-corrected chi connectivity index (χ4v) is 4.30. The third-order valence-electron chi connectivity index (χ3n) is 4.61. The number of halogens is 1. The van der Waals surface area contributed by atoms with Gasteiger partial charge in [-0.3, -0.25) is 9.59 Å². The molecule has 1 aliphatic rings. The highest BCUT2D eigenvalue weighted by Gasteiger charge is 2.34. The molecule has 2 N–H and O–H groups in total. The summed E-state index contributed by atoms with van der Waals surface area (Å²) in [6.07, 6.45) is 1.05. The van der Waals surface area contributed by atoms with Crippen LogP contribution in [0, 0.1) is 13.8 Å². The SMILES string of the molecule is Cc1cc(Br)cc(C)c1C(=O)NC1CN(C(=O)c2ccc(CNS(C)(=O)=O)o2)C1. The number of carbonyl (C=O) groups is 2. The number of sulfonamides is 1. The summed E-state index contributed by atoms with van der Waals surface area (Å²) in [5.74, 6) is 0.0406. The van der Waals surface area contributed by atoms with Gasteiger partial charge in [0.2, 0.25) is 10.0 Å². The predicted molar refractivity (Wildman–Crippen MR) is 111 cm³/mol. The van der Waals surface area contributed by atoms with E-state index in [0.717, 1.165) is 21.9 Å². The Morgan fingerprint density at radius 1 is 1.21 bits per heavy atom. The van der Waals surface area contributed by atoms with E-state index < -0.39 is 10.0 Å². The van der Waals surface area contributed by atoms with Gasteiger partial charge in [0.25, 0.3) is 11.8 Å². The molecule has 0 aliphatic carbocycles. The van der Waals surface area contributed by atoms with E-state index in [1.54, 1.807) is 11.0 Å². The van der Waals surface area contributed by atoms with E-state index in [9.17, 15) is 18.0 Å². The van der Waals surface area contributed by atoms with E-state index in [1.165, 1.54) is 6.07 Å². The molecule has 0 atom stereocenters. The Kier molecular flexibility index (Phi) is 6.16. The molecule has 0 saturated carbocycles. The number of furan rings is 1. The first-order chi connectivity index (χ1) is 13.5. The van der Waals surface area contributed by atoms with Crippen LogP contribution in [0.25, 0.3) is 0 Å². The second-order valence-corrected chi connectivity index (χ2v) is 9.90. The minimum absolute atomic E-state index is 0.0172. The van der Waals surface area contributed by atoms with Crippen molar-refractivity contribution >= 4 is 37.8 Å². The Hall–Kier alpha value is -2.17. The number of amides is 2. The van der Waals surface area contributed by atoms with Crippen molar-refractivity contribution < 1.29 is 22.4 Å². The fourth-order valence-electron chi connectivity index (χ4n) is 3.21. The normalized spacial score (nSPS) is 14.6. The van der Waals surface area contributed by atoms with Gasteiger partial charge < -0.3 is 14.6 Å². The lowest BCUT2D eigenvalue weighted by Crippen LogP contribution is -2.61. The van der Waals surface area contributed by atoms with Crippen LogP contribution in [0.3, 0.4) is 0 Å². The number of benzene rings is 1. The minimum Gasteiger partial charge on any atom is -0.455 e. The van der Waals surface area contributed by atoms with E-state index in [0.29, 0.717) is 24.4 Å². The topological polar surface area (TPSA) is 109 Å². The Morgan fingerprint density at radius 2 is 1.83 bits per heavy atom. The number of aryl methyl sites for hydroxylation is 2. The molecular weight excluding hydrogens is 462 g/mol. The molecule has 2 heterocycles. The van der Waals surface area contributed by atoms with Crippen molar-refractivity contribution in [3.05, 3.63) is 56.9 Å². The summed E-state index contributed by atoms with van der Waals surface area (Å²) in [5.41, 5.74) is 2.41. The summed E-state index contributed by atoms with van der Waals surface area (Å²) >= 11 is 3.42. The van der Waals surface area contributed by atoms with Crippen LogP contribution in [0.2, 0.25) is 0 Å². The molecule has 0 radical (unpaired) electrons. The van der Waals surface area contributed by atoms with Crippen LogP contribution in [0.15, 0.2) is 33.2 Å². The van der Waals surface area contributed by atoms with Crippen LogP contribution in [-0.4, -0.2) is 50.5 Å². The smallest absolute Gasteiger partial charge is 0.289 e. The van der Waals surface area contributed by atoms with Crippen molar-refractivity contribution in [1.29, 1.82) is 0 Å². The molecule has 29 heavy (non-hydrogen) atoms. The van der Waals surface area contributed by atoms with Gasteiger partial charge in [0.1, 0.15) is 5.76 Å². The summed E-state index contributed by atoms with van der Waals surface area (Å²) in [6.45, 7) is 4.52. The van der Waals surface area contributed by atoms with E-state index in [1.807, 2.05) is 26.0 Å². The van der Waals surface area contributed by atoms with Crippen molar-refractivity contribution in [3.63, 3.8) is 0 Å². The maximum absolute atomic E-state index is 12.6. The van der Waals surface area contributed by atoms with Gasteiger partial charge in [-0.2, -0.15) is 0 Å². The molecule has 2 amide bonds. The lowest BCUT2D eigenvalue weighted by atomic mass is 10.0. The Bertz CT molecular complexity index is 1030. The molecule has 10 heteroatoms. The highest BCUT2D eigenvalue weighted by Crippen LogP contribution is 2.22. The average molecular weight is 484 g/mol. The fraction of sp³-hybridized carbons (Fsp3) is 0.368. The zero-order chi connectivity index (χ0) is 21.3. The first kappa shape index (κ1) is 21.5. The van der Waals surface area contributed by atoms with Crippen molar-refractivity contribution in [3.8, 4) is 0 Å². The number of carbonyl (C=O) groups excluding carboxylic acids is 2. The van der Waals surface area contributed by atoms with Crippen molar-refractivity contribution in [2.45, 2.75) is 26.4 Å². The van der Waals surface area contributed by atoms with Crippen LogP contribution in [-0.2, 0) is 16.6 Å². The molecule has 3 rings (SSSR count). The molecule has 1 aromatic carbocycles. The first-order valence-corrected chi connectivity index (χ1v) is 11.6. The molecule has 1 saturated heterocycles. The number of nitrogens with one attached hydrogen (secondary N) is 2. The summed E-state index contributed by atoms with van der Waals surface area (Å²) in [5, 5.41) is 2.96. The second-order valence-electron chi connectivity index (χ2n) is 7.15. The molecule has 1 aliphatic heterocycles. The van der Waals surface area contributed by atoms with Gasteiger partial charge in [0.15, 0.2) is 5.76 Å². The van der Waals surface area contributed by atoms with E-state index in [-0.39, 0.29) is 30.2 Å². The third kappa shape index (κ3) is 5.26. The molecule has 8 nitrogen and oxygen atoms in total. The molecular formula is C19H22BrN3O5S. The van der Waals surface area contributed by atoms with Crippen molar-refractivity contribution in [1.82, 2.24) is 14.9 Å². The molecule has 156 valence electrons. The molecule has 0 unspecified atom stereocenters. The quantitative estimate of drug-likeness (QED) is 0.652. The molecule has 2 aromatic rings. The minimum atomic E-state index is -3.34. The molecule has 0 bridgehead atoms. The highest BCUT2D eigenvalue weighted by molar-refractivity contribution is 9.10. The van der Waals surface area contributed by atoms with Crippen LogP contribution in [0.5, 0.6) is 0 Å². The molecule has 1 aromatic heterocycles. The summed E-state index contributed by atoms with van der Waals surface area (Å²) in [4.78, 5) is 26.6. The van der Waals surface area contributed by atoms with E-state index in [4.69, 9.17) is 4.42 Å². The zero-order valence-corrected chi connectivity index (χ0v) is 18.7. The highest BCUT2D eigenvalue weighted by atomic mass is 79.9. The van der Waals surface area contributed by atoms with Gasteiger partial charge in [-0.05, 0) is 49.2 Å². The average Bonchev–Trinajstić information content (AvgIpc) is 3.03. The largest absolute Gasteiger partial charge is 0.455 e. The number of nitrogens with zero attached hydrogens (tertiary/aromatic N) is 1. The van der Waals surface area contributed by atoms with E-state index >= 15 is 0 Å².